The molecular weight excluding hydrogens is 687 g/mol. The van der Waals surface area contributed by atoms with Crippen LogP contribution in [-0.4, -0.2) is 7.05 Å². The van der Waals surface area contributed by atoms with Crippen molar-refractivity contribution < 1.29 is 0 Å². The molecule has 0 amide bonds. The summed E-state index contributed by atoms with van der Waals surface area (Å²) in [5.74, 6) is 0. The first-order chi connectivity index (χ1) is 27.8. The Hall–Kier alpha value is -6.28. The van der Waals surface area contributed by atoms with Crippen molar-refractivity contribution >= 4 is 0 Å². The number of benzene rings is 8. The minimum absolute atomic E-state index is 0.0839. The molecule has 10 rings (SSSR count). The van der Waals surface area contributed by atoms with Gasteiger partial charge >= 0.3 is 0 Å². The Kier molecular flexibility index (Phi) is 9.15. The van der Waals surface area contributed by atoms with Crippen molar-refractivity contribution in [3.8, 4) is 33.4 Å². The van der Waals surface area contributed by atoms with E-state index in [2.05, 4.69) is 227 Å². The molecule has 1 N–H and O–H groups in total. The molecule has 1 spiro atoms. The Balaban J connectivity index is 0.000000276. The molecule has 0 saturated carbocycles. The first kappa shape index (κ1) is 36.4. The van der Waals surface area contributed by atoms with Gasteiger partial charge in [-0.05, 0) is 105 Å². The molecule has 2 aliphatic rings. The summed E-state index contributed by atoms with van der Waals surface area (Å²) in [5, 5.41) is 3.57. The van der Waals surface area contributed by atoms with Gasteiger partial charge in [0.1, 0.15) is 0 Å². The summed E-state index contributed by atoms with van der Waals surface area (Å²) in [6.45, 7) is 9.12. The van der Waals surface area contributed by atoms with E-state index >= 15 is 0 Å². The Labute approximate surface area is 338 Å². The number of hydrogen-bond acceptors (Lipinski definition) is 1. The number of hydrogen-bond donors (Lipinski definition) is 1. The second-order valence-electron chi connectivity index (χ2n) is 16.3. The van der Waals surface area contributed by atoms with Crippen molar-refractivity contribution in [2.75, 3.05) is 7.05 Å². The lowest BCUT2D eigenvalue weighted by Crippen LogP contribution is -2.40. The smallest absolute Gasteiger partial charge is 0.0719 e. The summed E-state index contributed by atoms with van der Waals surface area (Å²) in [6, 6.07) is 73.3. The highest BCUT2D eigenvalue weighted by atomic mass is 14.9. The van der Waals surface area contributed by atoms with Gasteiger partial charge in [-0.2, -0.15) is 0 Å². The van der Waals surface area contributed by atoms with Gasteiger partial charge in [0, 0.05) is 5.41 Å². The van der Waals surface area contributed by atoms with E-state index in [9.17, 15) is 0 Å². The molecule has 0 aliphatic heterocycles. The molecule has 0 saturated heterocycles. The van der Waals surface area contributed by atoms with E-state index in [0.717, 1.165) is 0 Å². The monoisotopic (exact) mass is 735 g/mol. The number of fused-ring (bicyclic) bond motifs is 9. The van der Waals surface area contributed by atoms with Crippen LogP contribution in [0, 0.1) is 6.92 Å². The Bertz CT molecular complexity index is 2640. The fourth-order valence-electron chi connectivity index (χ4n) is 9.64. The van der Waals surface area contributed by atoms with Crippen molar-refractivity contribution in [1.29, 1.82) is 0 Å². The molecule has 1 atom stereocenters. The quantitative estimate of drug-likeness (QED) is 0.186. The Morgan fingerprint density at radius 2 is 0.807 bits per heavy atom. The minimum atomic E-state index is -0.346. The molecule has 8 aromatic carbocycles. The van der Waals surface area contributed by atoms with Gasteiger partial charge in [-0.3, -0.25) is 0 Å². The predicted molar refractivity (Wildman–Crippen MR) is 240 cm³/mol. The van der Waals surface area contributed by atoms with Crippen molar-refractivity contribution in [3.63, 3.8) is 0 Å². The van der Waals surface area contributed by atoms with Crippen LogP contribution in [0.15, 0.2) is 200 Å². The third-order valence-electron chi connectivity index (χ3n) is 12.9. The lowest BCUT2D eigenvalue weighted by molar-refractivity contribution is 0.485. The molecule has 0 fully saturated rings. The zero-order valence-electron chi connectivity index (χ0n) is 33.6. The molecule has 1 heteroatoms. The van der Waals surface area contributed by atoms with Gasteiger partial charge < -0.3 is 5.32 Å². The van der Waals surface area contributed by atoms with Crippen molar-refractivity contribution in [1.82, 2.24) is 5.32 Å². The van der Waals surface area contributed by atoms with E-state index in [-0.39, 0.29) is 16.4 Å². The summed E-state index contributed by atoms with van der Waals surface area (Å²) in [4.78, 5) is 0. The summed E-state index contributed by atoms with van der Waals surface area (Å²) in [7, 11) is 2.04. The van der Waals surface area contributed by atoms with Gasteiger partial charge in [0.05, 0.1) is 11.0 Å². The fourth-order valence-corrected chi connectivity index (χ4v) is 9.64. The average Bonchev–Trinajstić information content (AvgIpc) is 3.57. The highest BCUT2D eigenvalue weighted by Crippen LogP contribution is 2.62. The van der Waals surface area contributed by atoms with E-state index < -0.39 is 0 Å². The van der Waals surface area contributed by atoms with E-state index in [4.69, 9.17) is 0 Å². The van der Waals surface area contributed by atoms with Gasteiger partial charge in [-0.15, -0.1) is 0 Å². The van der Waals surface area contributed by atoms with Gasteiger partial charge in [0.25, 0.3) is 0 Å². The first-order valence-corrected chi connectivity index (χ1v) is 20.2. The zero-order chi connectivity index (χ0) is 39.2. The molecule has 1 unspecified atom stereocenters. The summed E-state index contributed by atoms with van der Waals surface area (Å²) >= 11 is 0. The van der Waals surface area contributed by atoms with Crippen LogP contribution in [0.1, 0.15) is 70.8 Å². The topological polar surface area (TPSA) is 12.0 Å². The largest absolute Gasteiger partial charge is 0.307 e. The Morgan fingerprint density at radius 1 is 0.386 bits per heavy atom. The fraction of sp³-hybridized carbons (Fsp3) is 0.143. The van der Waals surface area contributed by atoms with Gasteiger partial charge in [0.15, 0.2) is 0 Å². The molecule has 57 heavy (non-hydrogen) atoms. The van der Waals surface area contributed by atoms with Crippen LogP contribution in [0.3, 0.4) is 0 Å². The van der Waals surface area contributed by atoms with Crippen molar-refractivity contribution in [2.45, 2.75) is 44.1 Å². The summed E-state index contributed by atoms with van der Waals surface area (Å²) < 4.78 is 0. The van der Waals surface area contributed by atoms with Crippen LogP contribution in [0.4, 0.5) is 0 Å². The molecule has 2 aliphatic carbocycles. The second-order valence-corrected chi connectivity index (χ2v) is 16.3. The minimum Gasteiger partial charge on any atom is -0.307 e. The highest BCUT2D eigenvalue weighted by molar-refractivity contribution is 5.90. The molecule has 278 valence electrons. The maximum Gasteiger partial charge on any atom is 0.0719 e. The summed E-state index contributed by atoms with van der Waals surface area (Å²) in [5.41, 5.74) is 19.2. The van der Waals surface area contributed by atoms with Crippen LogP contribution < -0.4 is 5.32 Å². The Morgan fingerprint density at radius 3 is 1.40 bits per heavy atom. The van der Waals surface area contributed by atoms with Gasteiger partial charge in [0.2, 0.25) is 0 Å². The third-order valence-corrected chi connectivity index (χ3v) is 12.9. The van der Waals surface area contributed by atoms with Crippen LogP contribution >= 0.6 is 0 Å². The molecule has 0 aromatic heterocycles. The molecule has 0 heterocycles. The normalized spacial score (nSPS) is 14.9. The lowest BCUT2D eigenvalue weighted by Gasteiger charge is -2.46. The van der Waals surface area contributed by atoms with E-state index in [1.807, 2.05) is 13.1 Å². The predicted octanol–water partition coefficient (Wildman–Crippen LogP) is 13.5. The highest BCUT2D eigenvalue weighted by Gasteiger charge is 2.53. The van der Waals surface area contributed by atoms with E-state index in [0.29, 0.717) is 0 Å². The van der Waals surface area contributed by atoms with Gasteiger partial charge in [-0.25, -0.2) is 0 Å². The molecule has 0 radical (unpaired) electrons. The molecule has 1 nitrogen and oxygen atoms in total. The summed E-state index contributed by atoms with van der Waals surface area (Å²) in [6.07, 6.45) is 0. The van der Waals surface area contributed by atoms with Crippen LogP contribution in [0.5, 0.6) is 0 Å². The third kappa shape index (κ3) is 5.88. The first-order valence-electron chi connectivity index (χ1n) is 20.2. The van der Waals surface area contributed by atoms with Gasteiger partial charge in [-0.1, -0.05) is 214 Å². The van der Waals surface area contributed by atoms with E-state index in [1.165, 1.54) is 83.5 Å². The SMILES string of the molecule is CNC(C)(c1ccccc1)c1ccc(-c2ccc3c(c2)-c2ccccc2C32c3ccccc3C(C)(C)c3ccccc32)cc1.Cc1ccc(-c2ccccc2)cc1. The maximum atomic E-state index is 3.57. The number of rotatable bonds is 5. The number of aryl methyl sites for hydroxylation is 1. The van der Waals surface area contributed by atoms with Crippen LogP contribution in [0.25, 0.3) is 33.4 Å². The standard InChI is InChI=1S/C43H37N.C13H12/c1-41(2)37-18-10-12-20-39(37)43(40-21-13-11-19-38(40)41)35-17-9-8-16-33(35)34-28-30(24-27-36(34)43)29-22-25-32(26-23-29)42(3,44-4)31-14-6-5-7-15-31;1-11-7-9-13(10-8-11)12-5-3-2-4-6-12/h5-28,44H,1-4H3;2-10H,1H3. The van der Waals surface area contributed by atoms with E-state index in [1.54, 1.807) is 0 Å². The molecule has 0 bridgehead atoms. The van der Waals surface area contributed by atoms with Crippen LogP contribution in [0.2, 0.25) is 0 Å². The zero-order valence-corrected chi connectivity index (χ0v) is 33.6. The second kappa shape index (κ2) is 14.3. The van der Waals surface area contributed by atoms with Crippen LogP contribution in [-0.2, 0) is 16.4 Å². The number of nitrogens with one attached hydrogen (secondary N) is 1. The van der Waals surface area contributed by atoms with Crippen molar-refractivity contribution in [3.05, 3.63) is 250 Å². The average molecular weight is 736 g/mol. The maximum absolute atomic E-state index is 3.57. The molecule has 8 aromatic rings. The van der Waals surface area contributed by atoms with Crippen molar-refractivity contribution in [2.24, 2.45) is 0 Å². The lowest BCUT2D eigenvalue weighted by atomic mass is 9.55. The molecular formula is C56H49N.